The van der Waals surface area contributed by atoms with Gasteiger partial charge in [-0.25, -0.2) is 8.42 Å². The van der Waals surface area contributed by atoms with Gasteiger partial charge in [-0.15, -0.1) is 0 Å². The third kappa shape index (κ3) is 3.80. The van der Waals surface area contributed by atoms with Crippen LogP contribution in [-0.4, -0.2) is 37.3 Å². The van der Waals surface area contributed by atoms with Gasteiger partial charge in [0.05, 0.1) is 15.5 Å². The lowest BCUT2D eigenvalue weighted by atomic mass is 10.1. The first-order chi connectivity index (χ1) is 10.1. The van der Waals surface area contributed by atoms with Gasteiger partial charge in [-0.2, -0.15) is 4.31 Å². The van der Waals surface area contributed by atoms with Gasteiger partial charge >= 0.3 is 0 Å². The Morgan fingerprint density at radius 1 is 1.23 bits per heavy atom. The summed E-state index contributed by atoms with van der Waals surface area (Å²) in [6.07, 6.45) is 1.73. The van der Waals surface area contributed by atoms with Gasteiger partial charge in [-0.3, -0.25) is 4.79 Å². The summed E-state index contributed by atoms with van der Waals surface area (Å²) in [5.41, 5.74) is -0.249. The maximum atomic E-state index is 12.6. The molecule has 1 heterocycles. The molecule has 0 bridgehead atoms. The van der Waals surface area contributed by atoms with Gasteiger partial charge in [0.25, 0.3) is 5.91 Å². The lowest BCUT2D eigenvalue weighted by Gasteiger charge is -2.21. The lowest BCUT2D eigenvalue weighted by Crippen LogP contribution is -2.40. The van der Waals surface area contributed by atoms with E-state index in [1.54, 1.807) is 0 Å². The van der Waals surface area contributed by atoms with Crippen LogP contribution in [0.3, 0.4) is 0 Å². The van der Waals surface area contributed by atoms with Crippen LogP contribution in [0.25, 0.3) is 0 Å². The summed E-state index contributed by atoms with van der Waals surface area (Å²) in [6.45, 7) is 6.60. The highest BCUT2D eigenvalue weighted by Gasteiger charge is 2.28. The number of sulfonamides is 1. The number of hydrogen-bond donors (Lipinski definition) is 1. The third-order valence-electron chi connectivity index (χ3n) is 3.37. The van der Waals surface area contributed by atoms with Crippen LogP contribution < -0.4 is 5.32 Å². The number of rotatable bonds is 3. The van der Waals surface area contributed by atoms with Crippen molar-refractivity contribution in [3.63, 3.8) is 0 Å². The minimum Gasteiger partial charge on any atom is -0.347 e. The van der Waals surface area contributed by atoms with E-state index in [4.69, 9.17) is 11.6 Å². The fourth-order valence-corrected chi connectivity index (χ4v) is 4.07. The Hall–Kier alpha value is -1.11. The molecule has 1 aromatic carbocycles. The van der Waals surface area contributed by atoms with E-state index >= 15 is 0 Å². The number of hydrogen-bond acceptors (Lipinski definition) is 3. The highest BCUT2D eigenvalue weighted by molar-refractivity contribution is 7.89. The minimum atomic E-state index is -3.56. The van der Waals surface area contributed by atoms with Gasteiger partial charge in [0.15, 0.2) is 0 Å². The average Bonchev–Trinajstić information content (AvgIpc) is 2.91. The van der Waals surface area contributed by atoms with Crippen LogP contribution in [0.5, 0.6) is 0 Å². The van der Waals surface area contributed by atoms with Crippen LogP contribution in [0.2, 0.25) is 5.02 Å². The molecule has 0 spiro atoms. The Morgan fingerprint density at radius 2 is 1.82 bits per heavy atom. The number of nitrogens with zero attached hydrogens (tertiary/aromatic N) is 1. The second kappa shape index (κ2) is 6.18. The fraction of sp³-hybridized carbons (Fsp3) is 0.533. The first-order valence-corrected chi connectivity index (χ1v) is 9.05. The van der Waals surface area contributed by atoms with Crippen molar-refractivity contribution in [2.45, 2.75) is 44.0 Å². The van der Waals surface area contributed by atoms with Crippen LogP contribution in [0.4, 0.5) is 0 Å². The quantitative estimate of drug-likeness (QED) is 0.916. The molecule has 1 saturated heterocycles. The Labute approximate surface area is 136 Å². The van der Waals surface area contributed by atoms with E-state index in [9.17, 15) is 13.2 Å². The monoisotopic (exact) mass is 344 g/mol. The van der Waals surface area contributed by atoms with E-state index in [0.717, 1.165) is 12.8 Å². The molecule has 0 atom stereocenters. The molecule has 0 aromatic heterocycles. The normalized spacial score (nSPS) is 16.7. The van der Waals surface area contributed by atoms with Crippen molar-refractivity contribution < 1.29 is 13.2 Å². The maximum Gasteiger partial charge on any atom is 0.253 e. The van der Waals surface area contributed by atoms with E-state index in [0.29, 0.717) is 13.1 Å². The van der Waals surface area contributed by atoms with Crippen LogP contribution in [0, 0.1) is 0 Å². The van der Waals surface area contributed by atoms with E-state index in [2.05, 4.69) is 5.32 Å². The van der Waals surface area contributed by atoms with Crippen molar-refractivity contribution in [3.05, 3.63) is 28.8 Å². The molecule has 122 valence electrons. The second-order valence-electron chi connectivity index (χ2n) is 6.46. The van der Waals surface area contributed by atoms with Gasteiger partial charge < -0.3 is 5.32 Å². The van der Waals surface area contributed by atoms with Gasteiger partial charge in [0.1, 0.15) is 0 Å². The number of nitrogens with one attached hydrogen (secondary N) is 1. The molecule has 0 aliphatic carbocycles. The number of carbonyl (C=O) groups excluding carboxylic acids is 1. The first-order valence-electron chi connectivity index (χ1n) is 7.23. The topological polar surface area (TPSA) is 66.5 Å². The van der Waals surface area contributed by atoms with Gasteiger partial charge in [-0.1, -0.05) is 11.6 Å². The molecular formula is C15H21ClN2O3S. The summed E-state index contributed by atoms with van der Waals surface area (Å²) < 4.78 is 26.6. The Bertz CT molecular complexity index is 675. The zero-order chi connectivity index (χ0) is 16.5. The van der Waals surface area contributed by atoms with Gasteiger partial charge in [0.2, 0.25) is 10.0 Å². The summed E-state index contributed by atoms with van der Waals surface area (Å²) in [7, 11) is -3.56. The average molecular weight is 345 g/mol. The number of carbonyl (C=O) groups is 1. The van der Waals surface area contributed by atoms with Crippen molar-refractivity contribution in [1.29, 1.82) is 0 Å². The zero-order valence-corrected chi connectivity index (χ0v) is 14.6. The van der Waals surface area contributed by atoms with Crippen LogP contribution in [0.1, 0.15) is 44.0 Å². The van der Waals surface area contributed by atoms with Crippen molar-refractivity contribution in [2.75, 3.05) is 13.1 Å². The lowest BCUT2D eigenvalue weighted by molar-refractivity contribution is 0.0919. The summed E-state index contributed by atoms with van der Waals surface area (Å²) in [6, 6.07) is 4.27. The second-order valence-corrected chi connectivity index (χ2v) is 8.80. The number of halogens is 1. The highest BCUT2D eigenvalue weighted by Crippen LogP contribution is 2.25. The van der Waals surface area contributed by atoms with Gasteiger partial charge in [-0.05, 0) is 51.8 Å². The highest BCUT2D eigenvalue weighted by atomic mass is 35.5. The summed E-state index contributed by atoms with van der Waals surface area (Å²) in [4.78, 5) is 12.4. The summed E-state index contributed by atoms with van der Waals surface area (Å²) in [5.74, 6) is -0.379. The maximum absolute atomic E-state index is 12.6. The Balaban J connectivity index is 2.36. The summed E-state index contributed by atoms with van der Waals surface area (Å²) >= 11 is 6.06. The summed E-state index contributed by atoms with van der Waals surface area (Å²) in [5, 5.41) is 3.03. The first kappa shape index (κ1) is 17.2. The van der Waals surface area contributed by atoms with Crippen molar-refractivity contribution in [2.24, 2.45) is 0 Å². The molecule has 0 unspecified atom stereocenters. The van der Waals surface area contributed by atoms with E-state index in [1.807, 2.05) is 20.8 Å². The standard InChI is InChI=1S/C15H21ClN2O3S/c1-15(2,3)17-14(19)12-10-11(6-7-13(12)16)22(20,21)18-8-4-5-9-18/h6-7,10H,4-5,8-9H2,1-3H3,(H,17,19). The van der Waals surface area contributed by atoms with Crippen molar-refractivity contribution in [3.8, 4) is 0 Å². The Morgan fingerprint density at radius 3 is 2.36 bits per heavy atom. The van der Waals surface area contributed by atoms with Crippen molar-refractivity contribution >= 4 is 27.5 Å². The zero-order valence-electron chi connectivity index (χ0n) is 13.0. The molecule has 22 heavy (non-hydrogen) atoms. The Kier molecular flexibility index (Phi) is 4.84. The molecule has 1 amide bonds. The van der Waals surface area contributed by atoms with E-state index < -0.39 is 15.6 Å². The number of benzene rings is 1. The van der Waals surface area contributed by atoms with Crippen LogP contribution in [-0.2, 0) is 10.0 Å². The molecule has 1 aliphatic rings. The molecule has 1 aliphatic heterocycles. The predicted molar refractivity (Wildman–Crippen MR) is 86.7 cm³/mol. The van der Waals surface area contributed by atoms with E-state index in [1.165, 1.54) is 22.5 Å². The molecule has 0 radical (unpaired) electrons. The van der Waals surface area contributed by atoms with Crippen molar-refractivity contribution in [1.82, 2.24) is 9.62 Å². The molecule has 7 heteroatoms. The molecule has 1 fully saturated rings. The molecule has 5 nitrogen and oxygen atoms in total. The minimum absolute atomic E-state index is 0.109. The molecule has 1 aromatic rings. The molecule has 0 saturated carbocycles. The largest absolute Gasteiger partial charge is 0.347 e. The van der Waals surface area contributed by atoms with Crippen LogP contribution in [0.15, 0.2) is 23.1 Å². The molecular weight excluding hydrogens is 324 g/mol. The third-order valence-corrected chi connectivity index (χ3v) is 5.60. The SMILES string of the molecule is CC(C)(C)NC(=O)c1cc(S(=O)(=O)N2CCCC2)ccc1Cl. The van der Waals surface area contributed by atoms with Crippen LogP contribution >= 0.6 is 11.6 Å². The molecule has 1 N–H and O–H groups in total. The number of amides is 1. The fourth-order valence-electron chi connectivity index (χ4n) is 2.32. The predicted octanol–water partition coefficient (Wildman–Crippen LogP) is 2.65. The smallest absolute Gasteiger partial charge is 0.253 e. The molecule has 2 rings (SSSR count). The van der Waals surface area contributed by atoms with Gasteiger partial charge in [0, 0.05) is 18.6 Å². The van der Waals surface area contributed by atoms with E-state index in [-0.39, 0.29) is 21.4 Å².